The maximum absolute atomic E-state index is 12.4. The molecule has 5 nitrogen and oxygen atoms in total. The summed E-state index contributed by atoms with van der Waals surface area (Å²) in [6.07, 6.45) is 2.42. The fourth-order valence-corrected chi connectivity index (χ4v) is 4.65. The molecule has 4 atom stereocenters. The average molecular weight is 284 g/mol. The molecule has 3 fully saturated rings. The maximum Gasteiger partial charge on any atom is 0.168 e. The highest BCUT2D eigenvalue weighted by molar-refractivity contribution is 5.89. The molecule has 2 aliphatic carbocycles. The Morgan fingerprint density at radius 3 is 2.60 bits per heavy atom. The van der Waals surface area contributed by atoms with E-state index in [1.54, 1.807) is 0 Å². The van der Waals surface area contributed by atoms with Gasteiger partial charge in [-0.2, -0.15) is 0 Å². The van der Waals surface area contributed by atoms with Crippen molar-refractivity contribution in [3.63, 3.8) is 0 Å². The number of Topliss-reactive ketones (excluding diaryl/α,β-unsaturated/α-hetero) is 1. The quantitative estimate of drug-likeness (QED) is 0.711. The second-order valence-corrected chi connectivity index (χ2v) is 7.56. The molecule has 20 heavy (non-hydrogen) atoms. The normalized spacial score (nSPS) is 50.6. The topological polar surface area (TPSA) is 76.0 Å². The number of carbonyl (C=O) groups excluding carboxylic acids is 1. The first-order chi connectivity index (χ1) is 9.21. The molecule has 2 unspecified atom stereocenters. The van der Waals surface area contributed by atoms with Gasteiger partial charge in [-0.3, -0.25) is 4.79 Å². The van der Waals surface area contributed by atoms with Crippen molar-refractivity contribution in [1.82, 2.24) is 0 Å². The molecule has 1 heterocycles. The van der Waals surface area contributed by atoms with Crippen LogP contribution in [0.2, 0.25) is 0 Å². The molecule has 3 aliphatic rings. The van der Waals surface area contributed by atoms with Crippen molar-refractivity contribution in [2.75, 3.05) is 6.61 Å². The summed E-state index contributed by atoms with van der Waals surface area (Å²) >= 11 is 0. The van der Waals surface area contributed by atoms with Gasteiger partial charge >= 0.3 is 0 Å². The smallest absolute Gasteiger partial charge is 0.168 e. The predicted molar refractivity (Wildman–Crippen MR) is 70.7 cm³/mol. The number of hydrogen-bond donors (Lipinski definition) is 2. The molecule has 0 aromatic carbocycles. The van der Waals surface area contributed by atoms with E-state index in [0.717, 1.165) is 6.42 Å². The first-order valence-electron chi connectivity index (χ1n) is 7.42. The number of aliphatic hydroxyl groups excluding tert-OH is 1. The number of rotatable bonds is 1. The van der Waals surface area contributed by atoms with Gasteiger partial charge in [0.25, 0.3) is 0 Å². The van der Waals surface area contributed by atoms with E-state index in [0.29, 0.717) is 25.7 Å². The Balaban J connectivity index is 2.06. The van der Waals surface area contributed by atoms with E-state index in [1.165, 1.54) is 0 Å². The number of hydrogen-bond acceptors (Lipinski definition) is 5. The molecule has 3 rings (SSSR count). The molecule has 114 valence electrons. The van der Waals surface area contributed by atoms with Gasteiger partial charge in [-0.1, -0.05) is 13.8 Å². The summed E-state index contributed by atoms with van der Waals surface area (Å²) in [4.78, 5) is 23.4. The molecule has 0 amide bonds. The lowest BCUT2D eigenvalue weighted by Gasteiger charge is -2.65. The summed E-state index contributed by atoms with van der Waals surface area (Å²) < 4.78 is 0. The summed E-state index contributed by atoms with van der Waals surface area (Å²) in [6, 6.07) is 0. The van der Waals surface area contributed by atoms with Gasteiger partial charge in [0, 0.05) is 11.8 Å². The van der Waals surface area contributed by atoms with E-state index >= 15 is 0 Å². The second-order valence-electron chi connectivity index (χ2n) is 7.56. The summed E-state index contributed by atoms with van der Waals surface area (Å²) in [5, 5.41) is 19.9. The lowest BCUT2D eigenvalue weighted by atomic mass is 9.44. The number of ketones is 1. The van der Waals surface area contributed by atoms with Crippen LogP contribution in [0, 0.1) is 10.8 Å². The molecule has 0 radical (unpaired) electrons. The van der Waals surface area contributed by atoms with E-state index in [2.05, 4.69) is 13.8 Å². The van der Waals surface area contributed by atoms with Gasteiger partial charge in [0.2, 0.25) is 0 Å². The van der Waals surface area contributed by atoms with Crippen LogP contribution >= 0.6 is 0 Å². The van der Waals surface area contributed by atoms with Crippen LogP contribution < -0.4 is 0 Å². The molecule has 1 spiro atoms. The molecular weight excluding hydrogens is 260 g/mol. The van der Waals surface area contributed by atoms with Gasteiger partial charge in [-0.05, 0) is 38.0 Å². The Hall–Kier alpha value is -0.490. The fourth-order valence-electron chi connectivity index (χ4n) is 4.65. The second kappa shape index (κ2) is 4.03. The number of fused-ring (bicyclic) bond motifs is 1. The fraction of sp³-hybridized carbons (Fsp3) is 0.933. The molecule has 2 N–H and O–H groups in total. The molecule has 0 aromatic heterocycles. The summed E-state index contributed by atoms with van der Waals surface area (Å²) in [5.74, 6) is 0.0877. The van der Waals surface area contributed by atoms with Crippen molar-refractivity contribution in [2.45, 2.75) is 70.2 Å². The van der Waals surface area contributed by atoms with Crippen molar-refractivity contribution in [3.05, 3.63) is 0 Å². The third-order valence-corrected chi connectivity index (χ3v) is 6.44. The maximum atomic E-state index is 12.4. The van der Waals surface area contributed by atoms with Gasteiger partial charge in [-0.25, -0.2) is 9.78 Å². The van der Waals surface area contributed by atoms with Crippen LogP contribution in [-0.4, -0.2) is 39.9 Å². The summed E-state index contributed by atoms with van der Waals surface area (Å²) in [5.41, 5.74) is -2.60. The molecule has 2 saturated carbocycles. The summed E-state index contributed by atoms with van der Waals surface area (Å²) in [6.45, 7) is 5.83. The monoisotopic (exact) mass is 284 g/mol. The summed E-state index contributed by atoms with van der Waals surface area (Å²) in [7, 11) is 0. The van der Waals surface area contributed by atoms with Crippen LogP contribution in [-0.2, 0) is 14.6 Å². The first-order valence-corrected chi connectivity index (χ1v) is 7.42. The van der Waals surface area contributed by atoms with Crippen molar-refractivity contribution in [1.29, 1.82) is 0 Å². The third kappa shape index (κ3) is 1.49. The number of aliphatic hydroxyl groups is 2. The highest BCUT2D eigenvalue weighted by atomic mass is 17.2. The Bertz CT molecular complexity index is 448. The molecule has 5 heteroatoms. The highest BCUT2D eigenvalue weighted by Gasteiger charge is 2.70. The standard InChI is InChI=1S/C15H24O5/c1-12(2)5-4-10(17)13(3)15(12)7-6-14(18,9-16)11(8-15)19-20-13/h11,16,18H,4-9H2,1-3H3/t11?,13-,14?,15-/m1/s1. The minimum Gasteiger partial charge on any atom is -0.393 e. The highest BCUT2D eigenvalue weighted by Crippen LogP contribution is 2.65. The predicted octanol–water partition coefficient (Wildman–Crippen LogP) is 1.36. The lowest BCUT2D eigenvalue weighted by Crippen LogP contribution is -2.72. The van der Waals surface area contributed by atoms with Crippen molar-refractivity contribution >= 4 is 5.78 Å². The zero-order chi connectivity index (χ0) is 14.8. The largest absolute Gasteiger partial charge is 0.393 e. The Morgan fingerprint density at radius 2 is 1.95 bits per heavy atom. The van der Waals surface area contributed by atoms with Crippen LogP contribution in [0.25, 0.3) is 0 Å². The van der Waals surface area contributed by atoms with Gasteiger partial charge in [0.05, 0.1) is 6.61 Å². The van der Waals surface area contributed by atoms with E-state index in [4.69, 9.17) is 9.78 Å². The molecule has 1 saturated heterocycles. The third-order valence-electron chi connectivity index (χ3n) is 6.44. The van der Waals surface area contributed by atoms with E-state index in [1.807, 2.05) is 6.92 Å². The molecule has 1 aliphatic heterocycles. The van der Waals surface area contributed by atoms with Crippen LogP contribution in [0.1, 0.15) is 52.9 Å². The van der Waals surface area contributed by atoms with Gasteiger partial charge in [0.15, 0.2) is 11.4 Å². The Labute approximate surface area is 119 Å². The van der Waals surface area contributed by atoms with Crippen molar-refractivity contribution in [3.8, 4) is 0 Å². The minimum absolute atomic E-state index is 0.0610. The van der Waals surface area contributed by atoms with Crippen molar-refractivity contribution < 1.29 is 24.8 Å². The van der Waals surface area contributed by atoms with E-state index in [9.17, 15) is 15.0 Å². The number of carbonyl (C=O) groups is 1. The zero-order valence-electron chi connectivity index (χ0n) is 12.4. The molecule has 0 aromatic rings. The van der Waals surface area contributed by atoms with E-state index < -0.39 is 17.3 Å². The molecular formula is C15H24O5. The van der Waals surface area contributed by atoms with Gasteiger partial charge in [-0.15, -0.1) is 0 Å². The zero-order valence-corrected chi connectivity index (χ0v) is 12.4. The van der Waals surface area contributed by atoms with Gasteiger partial charge in [0.1, 0.15) is 11.7 Å². The van der Waals surface area contributed by atoms with E-state index in [-0.39, 0.29) is 23.2 Å². The lowest BCUT2D eigenvalue weighted by molar-refractivity contribution is -0.468. The molecule has 2 bridgehead atoms. The van der Waals surface area contributed by atoms with Crippen molar-refractivity contribution in [2.24, 2.45) is 10.8 Å². The first kappa shape index (κ1) is 14.4. The average Bonchev–Trinajstić information content (AvgIpc) is 2.42. The Morgan fingerprint density at radius 1 is 1.25 bits per heavy atom. The SMILES string of the molecule is CC1(C)CCC(=O)[C@@]2(C)OOC3C[C@]12CCC3(O)CO. The van der Waals surface area contributed by atoms with Crippen LogP contribution in [0.4, 0.5) is 0 Å². The Kier molecular flexibility index (Phi) is 2.91. The minimum atomic E-state index is -1.26. The van der Waals surface area contributed by atoms with Crippen LogP contribution in [0.3, 0.4) is 0 Å². The van der Waals surface area contributed by atoms with Crippen LogP contribution in [0.15, 0.2) is 0 Å². The van der Waals surface area contributed by atoms with Crippen LogP contribution in [0.5, 0.6) is 0 Å². The van der Waals surface area contributed by atoms with Gasteiger partial charge < -0.3 is 10.2 Å².